The van der Waals surface area contributed by atoms with Gasteiger partial charge in [-0.05, 0) is 24.6 Å². The molecule has 1 saturated heterocycles. The number of methoxy groups -OCH3 is 1. The van der Waals surface area contributed by atoms with E-state index in [1.807, 2.05) is 4.72 Å². The predicted octanol–water partition coefficient (Wildman–Crippen LogP) is 2.07. The van der Waals surface area contributed by atoms with Gasteiger partial charge in [-0.25, -0.2) is 4.72 Å². The molecule has 0 spiro atoms. The average Bonchev–Trinajstić information content (AvgIpc) is 3.18. The third-order valence-electron chi connectivity index (χ3n) is 4.56. The molecule has 2 N–H and O–H groups in total. The van der Waals surface area contributed by atoms with Crippen LogP contribution in [-0.2, 0) is 25.9 Å². The monoisotopic (exact) mass is 478 g/mol. The van der Waals surface area contributed by atoms with Crippen molar-refractivity contribution in [1.29, 1.82) is 0 Å². The Labute approximate surface area is 181 Å². The summed E-state index contributed by atoms with van der Waals surface area (Å²) in [5.41, 5.74) is -0.706. The number of nitrogens with one attached hydrogen (secondary N) is 2. The van der Waals surface area contributed by atoms with Crippen molar-refractivity contribution in [2.24, 2.45) is 0 Å². The van der Waals surface area contributed by atoms with E-state index in [0.717, 1.165) is 22.7 Å². The minimum Gasteiger partial charge on any atom is -0.431 e. The highest BCUT2D eigenvalue weighted by Crippen LogP contribution is 2.33. The van der Waals surface area contributed by atoms with Crippen LogP contribution in [0.15, 0.2) is 28.9 Å². The molecule has 0 aliphatic carbocycles. The number of morpholine rings is 1. The maximum absolute atomic E-state index is 12.9. The summed E-state index contributed by atoms with van der Waals surface area (Å²) in [4.78, 5) is 16.2. The molecule has 1 aliphatic rings. The molecule has 10 nitrogen and oxygen atoms in total. The Bertz CT molecular complexity index is 1070. The molecule has 0 saturated carbocycles. The number of anilines is 2. The van der Waals surface area contributed by atoms with E-state index in [0.29, 0.717) is 5.56 Å². The van der Waals surface area contributed by atoms with Gasteiger partial charge < -0.3 is 19.2 Å². The lowest BCUT2D eigenvalue weighted by molar-refractivity contribution is -0.137. The molecule has 2 aromatic rings. The zero-order valence-electron chi connectivity index (χ0n) is 17.1. The fourth-order valence-electron chi connectivity index (χ4n) is 2.91. The molecule has 14 heteroatoms. The number of halogens is 3. The van der Waals surface area contributed by atoms with Crippen LogP contribution in [0.25, 0.3) is 0 Å². The lowest BCUT2D eigenvalue weighted by atomic mass is 10.1. The Morgan fingerprint density at radius 1 is 1.38 bits per heavy atom. The van der Waals surface area contributed by atoms with Gasteiger partial charge in [-0.15, -0.1) is 0 Å². The van der Waals surface area contributed by atoms with Crippen molar-refractivity contribution in [3.63, 3.8) is 0 Å². The van der Waals surface area contributed by atoms with Crippen LogP contribution in [-0.4, -0.2) is 63.1 Å². The van der Waals surface area contributed by atoms with E-state index >= 15 is 0 Å². The second-order valence-corrected chi connectivity index (χ2v) is 8.60. The number of aryl methyl sites for hydroxylation is 1. The Hall–Kier alpha value is -2.68. The van der Waals surface area contributed by atoms with Gasteiger partial charge in [0.15, 0.2) is 5.69 Å². The minimum absolute atomic E-state index is 0.00308. The van der Waals surface area contributed by atoms with Crippen LogP contribution in [0.2, 0.25) is 0 Å². The fourth-order valence-corrected chi connectivity index (χ4v) is 4.06. The van der Waals surface area contributed by atoms with Crippen LogP contribution in [0.3, 0.4) is 0 Å². The number of hydrogen-bond donors (Lipinski definition) is 2. The van der Waals surface area contributed by atoms with Crippen LogP contribution in [0.1, 0.15) is 21.6 Å². The quantitative estimate of drug-likeness (QED) is 0.620. The number of aromatic nitrogens is 1. The maximum atomic E-state index is 12.9. The number of carbonyl (C=O) groups excluding carboxylic acids is 1. The van der Waals surface area contributed by atoms with E-state index in [9.17, 15) is 26.4 Å². The van der Waals surface area contributed by atoms with Gasteiger partial charge >= 0.3 is 16.4 Å². The lowest BCUT2D eigenvalue weighted by Crippen LogP contribution is -2.52. The van der Waals surface area contributed by atoms with E-state index in [2.05, 4.69) is 10.3 Å². The molecular formula is C18H21F3N4O6S. The average molecular weight is 478 g/mol. The highest BCUT2D eigenvalue weighted by Gasteiger charge is 2.32. The van der Waals surface area contributed by atoms with Gasteiger partial charge in [-0.1, -0.05) is 6.07 Å². The standard InChI is InChI=1S/C18H21F3N4O6S/c1-11-3-4-12(18(19,20)21)7-14(11)22-17-23-15(10-31-17)16(26)24-32(27,28)25-5-6-30-13(8-25)9-29-2/h3-4,7,10,13H,5-6,8-9H2,1-2H3,(H,22,23)(H,24,26). The number of amides is 1. The van der Waals surface area contributed by atoms with Crippen LogP contribution in [0.5, 0.6) is 0 Å². The second-order valence-electron chi connectivity index (χ2n) is 6.93. The molecule has 32 heavy (non-hydrogen) atoms. The molecule has 0 radical (unpaired) electrons. The predicted molar refractivity (Wildman–Crippen MR) is 106 cm³/mol. The number of benzene rings is 1. The molecule has 3 rings (SSSR count). The van der Waals surface area contributed by atoms with Gasteiger partial charge in [-0.3, -0.25) is 4.79 Å². The zero-order valence-corrected chi connectivity index (χ0v) is 17.9. The molecule has 1 aromatic heterocycles. The van der Waals surface area contributed by atoms with E-state index in [-0.39, 0.29) is 43.7 Å². The van der Waals surface area contributed by atoms with Crippen LogP contribution < -0.4 is 10.0 Å². The maximum Gasteiger partial charge on any atom is 0.416 e. The number of carbonyl (C=O) groups is 1. The topological polar surface area (TPSA) is 123 Å². The van der Waals surface area contributed by atoms with Gasteiger partial charge in [-0.2, -0.15) is 30.9 Å². The first-order chi connectivity index (χ1) is 15.0. The molecule has 1 unspecified atom stereocenters. The summed E-state index contributed by atoms with van der Waals surface area (Å²) in [6, 6.07) is 2.80. The van der Waals surface area contributed by atoms with Crippen molar-refractivity contribution in [1.82, 2.24) is 14.0 Å². The van der Waals surface area contributed by atoms with Gasteiger partial charge in [0, 0.05) is 25.9 Å². The van der Waals surface area contributed by atoms with Gasteiger partial charge in [0.1, 0.15) is 6.26 Å². The van der Waals surface area contributed by atoms with Crippen LogP contribution >= 0.6 is 0 Å². The molecule has 1 fully saturated rings. The summed E-state index contributed by atoms with van der Waals surface area (Å²) >= 11 is 0. The summed E-state index contributed by atoms with van der Waals surface area (Å²) < 4.78 is 82.2. The summed E-state index contributed by atoms with van der Waals surface area (Å²) in [6.45, 7) is 1.94. The highest BCUT2D eigenvalue weighted by molar-refractivity contribution is 7.87. The molecule has 176 valence electrons. The normalized spacial score (nSPS) is 17.8. The van der Waals surface area contributed by atoms with E-state index in [1.54, 1.807) is 6.92 Å². The summed E-state index contributed by atoms with van der Waals surface area (Å²) in [7, 11) is -2.74. The van der Waals surface area contributed by atoms with Crippen molar-refractivity contribution >= 4 is 27.8 Å². The first-order valence-electron chi connectivity index (χ1n) is 9.33. The van der Waals surface area contributed by atoms with E-state index in [1.165, 1.54) is 13.2 Å². The molecule has 1 atom stereocenters. The molecule has 0 bridgehead atoms. The van der Waals surface area contributed by atoms with E-state index in [4.69, 9.17) is 13.9 Å². The molecule has 1 amide bonds. The number of hydrogen-bond acceptors (Lipinski definition) is 8. The van der Waals surface area contributed by atoms with Gasteiger partial charge in [0.05, 0.1) is 24.9 Å². The first kappa shape index (κ1) is 24.0. The third kappa shape index (κ3) is 5.76. The van der Waals surface area contributed by atoms with Crippen LogP contribution in [0, 0.1) is 6.92 Å². The minimum atomic E-state index is -4.54. The number of nitrogens with zero attached hydrogens (tertiary/aromatic N) is 2. The number of ether oxygens (including phenoxy) is 2. The fraction of sp³-hybridized carbons (Fsp3) is 0.444. The lowest BCUT2D eigenvalue weighted by Gasteiger charge is -2.31. The highest BCUT2D eigenvalue weighted by atomic mass is 32.2. The smallest absolute Gasteiger partial charge is 0.416 e. The second kappa shape index (κ2) is 9.44. The van der Waals surface area contributed by atoms with Crippen molar-refractivity contribution in [2.45, 2.75) is 19.2 Å². The largest absolute Gasteiger partial charge is 0.431 e. The van der Waals surface area contributed by atoms with E-state index < -0.39 is 34.0 Å². The van der Waals surface area contributed by atoms with Gasteiger partial charge in [0.2, 0.25) is 0 Å². The molecule has 1 aliphatic heterocycles. The Kier molecular flexibility index (Phi) is 7.07. The number of rotatable bonds is 7. The number of oxazole rings is 1. The SMILES string of the molecule is COCC1CN(S(=O)(=O)NC(=O)c2coc(Nc3cc(C(F)(F)F)ccc3C)n2)CCO1. The van der Waals surface area contributed by atoms with Crippen molar-refractivity contribution in [3.8, 4) is 0 Å². The Morgan fingerprint density at radius 3 is 2.81 bits per heavy atom. The summed E-state index contributed by atoms with van der Waals surface area (Å²) in [5.74, 6) is -1.06. The third-order valence-corrected chi connectivity index (χ3v) is 6.01. The zero-order chi connectivity index (χ0) is 23.5. The van der Waals surface area contributed by atoms with Gasteiger partial charge in [0.25, 0.3) is 11.9 Å². The number of alkyl halides is 3. The molecular weight excluding hydrogens is 457 g/mol. The van der Waals surface area contributed by atoms with Crippen molar-refractivity contribution < 1.29 is 40.3 Å². The summed E-state index contributed by atoms with van der Waals surface area (Å²) in [6.07, 6.45) is -4.12. The Morgan fingerprint density at radius 2 is 2.12 bits per heavy atom. The van der Waals surface area contributed by atoms with Crippen LogP contribution in [0.4, 0.5) is 24.9 Å². The Balaban J connectivity index is 1.68. The summed E-state index contributed by atoms with van der Waals surface area (Å²) in [5, 5.41) is 2.56. The first-order valence-corrected chi connectivity index (χ1v) is 10.8. The van der Waals surface area contributed by atoms with Crippen molar-refractivity contribution in [3.05, 3.63) is 41.3 Å². The molecule has 1 aromatic carbocycles. The molecule has 2 heterocycles. The van der Waals surface area contributed by atoms with Crippen molar-refractivity contribution in [2.75, 3.05) is 38.7 Å².